The van der Waals surface area contributed by atoms with Crippen molar-refractivity contribution in [3.8, 4) is 17.4 Å². The number of urea groups is 1. The maximum Gasteiger partial charge on any atom is 0.323 e. The lowest BCUT2D eigenvalue weighted by molar-refractivity contribution is 0.208. The molecular weight excluding hydrogens is 410 g/mol. The molecule has 4 rings (SSSR count). The molecule has 32 heavy (non-hydrogen) atoms. The molecule has 2 aromatic carbocycles. The maximum absolute atomic E-state index is 12.9. The number of anilines is 2. The molecule has 0 atom stereocenters. The van der Waals surface area contributed by atoms with Crippen molar-refractivity contribution >= 4 is 28.6 Å². The molecule has 2 heterocycles. The van der Waals surface area contributed by atoms with Gasteiger partial charge in [0.05, 0.1) is 32.4 Å². The molecule has 0 radical (unpaired) electrons. The number of fused-ring (bicyclic) bond motifs is 1. The van der Waals surface area contributed by atoms with Crippen LogP contribution in [0, 0.1) is 6.92 Å². The highest BCUT2D eigenvalue weighted by Gasteiger charge is 2.24. The number of carbonyl (C=O) groups excluding carboxylic acids is 1. The summed E-state index contributed by atoms with van der Waals surface area (Å²) in [5.74, 6) is 2.08. The van der Waals surface area contributed by atoms with Gasteiger partial charge in [-0.2, -0.15) is 0 Å². The Morgan fingerprint density at radius 3 is 2.25 bits per heavy atom. The van der Waals surface area contributed by atoms with Crippen molar-refractivity contribution in [1.29, 1.82) is 0 Å². The molecular formula is C23H27N5O4. The molecule has 0 spiro atoms. The van der Waals surface area contributed by atoms with E-state index in [1.165, 1.54) is 7.11 Å². The SMILES string of the molecule is COc1cc(OC)cc(N2CCN(C(=O)Nc3nc4c(C)cccc4nc3OC)CC2)c1. The average Bonchev–Trinajstić information content (AvgIpc) is 2.83. The number of aryl methyl sites for hydroxylation is 1. The molecule has 1 N–H and O–H groups in total. The minimum absolute atomic E-state index is 0.228. The van der Waals surface area contributed by atoms with Crippen LogP contribution in [0.3, 0.4) is 0 Å². The van der Waals surface area contributed by atoms with Gasteiger partial charge < -0.3 is 24.0 Å². The summed E-state index contributed by atoms with van der Waals surface area (Å²) in [7, 11) is 4.78. The zero-order valence-electron chi connectivity index (χ0n) is 18.7. The first-order valence-electron chi connectivity index (χ1n) is 10.4. The number of hydrogen-bond donors (Lipinski definition) is 1. The predicted molar refractivity (Wildman–Crippen MR) is 123 cm³/mol. The molecule has 9 nitrogen and oxygen atoms in total. The van der Waals surface area contributed by atoms with Crippen LogP contribution in [0.15, 0.2) is 36.4 Å². The number of nitrogens with zero attached hydrogens (tertiary/aromatic N) is 4. The smallest absolute Gasteiger partial charge is 0.323 e. The number of aromatic nitrogens is 2. The number of benzene rings is 2. The average molecular weight is 438 g/mol. The van der Waals surface area contributed by atoms with E-state index >= 15 is 0 Å². The van der Waals surface area contributed by atoms with Crippen LogP contribution in [0.5, 0.6) is 17.4 Å². The molecule has 0 aliphatic carbocycles. The van der Waals surface area contributed by atoms with Gasteiger partial charge in [0.25, 0.3) is 5.88 Å². The molecule has 0 unspecified atom stereocenters. The molecule has 1 saturated heterocycles. The normalized spacial score (nSPS) is 13.8. The van der Waals surface area contributed by atoms with E-state index in [-0.39, 0.29) is 6.03 Å². The van der Waals surface area contributed by atoms with Gasteiger partial charge in [-0.1, -0.05) is 12.1 Å². The van der Waals surface area contributed by atoms with Crippen molar-refractivity contribution in [3.63, 3.8) is 0 Å². The van der Waals surface area contributed by atoms with E-state index in [2.05, 4.69) is 20.2 Å². The Balaban J connectivity index is 1.46. The van der Waals surface area contributed by atoms with E-state index in [0.717, 1.165) is 33.8 Å². The van der Waals surface area contributed by atoms with Gasteiger partial charge in [-0.25, -0.2) is 14.8 Å². The van der Waals surface area contributed by atoms with Crippen molar-refractivity contribution < 1.29 is 19.0 Å². The number of carbonyl (C=O) groups is 1. The molecule has 1 fully saturated rings. The Morgan fingerprint density at radius 2 is 1.62 bits per heavy atom. The van der Waals surface area contributed by atoms with Crippen LogP contribution in [-0.2, 0) is 0 Å². The number of ether oxygens (including phenoxy) is 3. The maximum atomic E-state index is 12.9. The summed E-state index contributed by atoms with van der Waals surface area (Å²) in [5.41, 5.74) is 3.44. The number of amides is 2. The van der Waals surface area contributed by atoms with Gasteiger partial charge in [-0.05, 0) is 18.6 Å². The monoisotopic (exact) mass is 437 g/mol. The first-order chi connectivity index (χ1) is 15.5. The molecule has 9 heteroatoms. The molecule has 1 aliphatic heterocycles. The van der Waals surface area contributed by atoms with Gasteiger partial charge in [0.1, 0.15) is 11.5 Å². The Kier molecular flexibility index (Phi) is 6.16. The summed E-state index contributed by atoms with van der Waals surface area (Å²) in [5, 5.41) is 2.87. The van der Waals surface area contributed by atoms with Crippen LogP contribution < -0.4 is 24.4 Å². The Bertz CT molecular complexity index is 1110. The largest absolute Gasteiger partial charge is 0.497 e. The fraction of sp³-hybridized carbons (Fsp3) is 0.348. The highest BCUT2D eigenvalue weighted by Crippen LogP contribution is 2.29. The number of methoxy groups -OCH3 is 3. The van der Waals surface area contributed by atoms with Crippen molar-refractivity contribution in [2.24, 2.45) is 0 Å². The van der Waals surface area contributed by atoms with E-state index in [1.807, 2.05) is 43.3 Å². The van der Waals surface area contributed by atoms with E-state index < -0.39 is 0 Å². The van der Waals surface area contributed by atoms with Crippen molar-refractivity contribution in [1.82, 2.24) is 14.9 Å². The lowest BCUT2D eigenvalue weighted by Crippen LogP contribution is -2.50. The summed E-state index contributed by atoms with van der Waals surface area (Å²) in [6.45, 7) is 4.45. The van der Waals surface area contributed by atoms with Crippen LogP contribution in [0.2, 0.25) is 0 Å². The van der Waals surface area contributed by atoms with E-state index in [0.29, 0.717) is 37.9 Å². The third-order valence-corrected chi connectivity index (χ3v) is 5.55. The molecule has 0 saturated carbocycles. The zero-order chi connectivity index (χ0) is 22.7. The minimum Gasteiger partial charge on any atom is -0.497 e. The second-order valence-electron chi connectivity index (χ2n) is 7.50. The highest BCUT2D eigenvalue weighted by atomic mass is 16.5. The quantitative estimate of drug-likeness (QED) is 0.655. The van der Waals surface area contributed by atoms with Gasteiger partial charge >= 0.3 is 6.03 Å². The second kappa shape index (κ2) is 9.17. The van der Waals surface area contributed by atoms with E-state index in [9.17, 15) is 4.79 Å². The molecule has 1 aromatic heterocycles. The molecule has 168 valence electrons. The number of hydrogen-bond acceptors (Lipinski definition) is 7. The summed E-state index contributed by atoms with van der Waals surface area (Å²) in [6.07, 6.45) is 0. The molecule has 1 aliphatic rings. The van der Waals surface area contributed by atoms with Crippen LogP contribution in [0.4, 0.5) is 16.3 Å². The summed E-state index contributed by atoms with van der Waals surface area (Å²) < 4.78 is 16.1. The van der Waals surface area contributed by atoms with Crippen LogP contribution in [0.25, 0.3) is 11.0 Å². The highest BCUT2D eigenvalue weighted by molar-refractivity contribution is 5.91. The number of nitrogens with one attached hydrogen (secondary N) is 1. The lowest BCUT2D eigenvalue weighted by Gasteiger charge is -2.36. The van der Waals surface area contributed by atoms with Gasteiger partial charge in [0.2, 0.25) is 0 Å². The standard InChI is InChI=1S/C23H27N5O4/c1-15-6-5-7-19-20(15)25-21(22(24-19)32-4)26-23(29)28-10-8-27(9-11-28)16-12-17(30-2)14-18(13-16)31-3/h5-7,12-14H,8-11H2,1-4H3,(H,25,26,29). The van der Waals surface area contributed by atoms with E-state index in [1.54, 1.807) is 19.1 Å². The Morgan fingerprint density at radius 1 is 0.938 bits per heavy atom. The van der Waals surface area contributed by atoms with Crippen LogP contribution in [0.1, 0.15) is 5.56 Å². The predicted octanol–water partition coefficient (Wildman–Crippen LogP) is 3.32. The third kappa shape index (κ3) is 4.32. The summed E-state index contributed by atoms with van der Waals surface area (Å²) >= 11 is 0. The van der Waals surface area contributed by atoms with Crippen molar-refractivity contribution in [3.05, 3.63) is 42.0 Å². The fourth-order valence-electron chi connectivity index (χ4n) is 3.75. The van der Waals surface area contributed by atoms with Gasteiger partial charge in [0.15, 0.2) is 5.82 Å². The second-order valence-corrected chi connectivity index (χ2v) is 7.50. The van der Waals surface area contributed by atoms with Crippen molar-refractivity contribution in [2.75, 3.05) is 57.7 Å². The summed E-state index contributed by atoms with van der Waals surface area (Å²) in [6, 6.07) is 11.3. The lowest BCUT2D eigenvalue weighted by atomic mass is 10.2. The minimum atomic E-state index is -0.228. The van der Waals surface area contributed by atoms with Crippen LogP contribution in [-0.4, -0.2) is 68.4 Å². The number of piperazine rings is 1. The third-order valence-electron chi connectivity index (χ3n) is 5.55. The van der Waals surface area contributed by atoms with Gasteiger partial charge in [0, 0.05) is 50.1 Å². The van der Waals surface area contributed by atoms with Crippen LogP contribution >= 0.6 is 0 Å². The van der Waals surface area contributed by atoms with Gasteiger partial charge in [-0.3, -0.25) is 5.32 Å². The summed E-state index contributed by atoms with van der Waals surface area (Å²) in [4.78, 5) is 26.0. The molecule has 3 aromatic rings. The van der Waals surface area contributed by atoms with Gasteiger partial charge in [-0.15, -0.1) is 0 Å². The topological polar surface area (TPSA) is 89.1 Å². The number of para-hydroxylation sites is 1. The first-order valence-corrected chi connectivity index (χ1v) is 10.4. The number of rotatable bonds is 5. The Labute approximate surface area is 186 Å². The fourth-order valence-corrected chi connectivity index (χ4v) is 3.75. The van der Waals surface area contributed by atoms with Crippen molar-refractivity contribution in [2.45, 2.75) is 6.92 Å². The zero-order valence-corrected chi connectivity index (χ0v) is 18.7. The van der Waals surface area contributed by atoms with E-state index in [4.69, 9.17) is 14.2 Å². The first kappa shape index (κ1) is 21.5. The Hall–Kier alpha value is -3.75. The molecule has 0 bridgehead atoms. The molecule has 2 amide bonds.